The molecule has 0 unspecified atom stereocenters. The fourth-order valence-corrected chi connectivity index (χ4v) is 3.28. The second-order valence-corrected chi connectivity index (χ2v) is 6.90. The second kappa shape index (κ2) is 8.63. The third kappa shape index (κ3) is 4.35. The molecular formula is C22H23N5O. The lowest BCUT2D eigenvalue weighted by atomic mass is 9.91. The van der Waals surface area contributed by atoms with E-state index in [1.807, 2.05) is 48.8 Å². The van der Waals surface area contributed by atoms with E-state index in [1.54, 1.807) is 0 Å². The molecule has 6 heteroatoms. The largest absolute Gasteiger partial charge is 0.338 e. The van der Waals surface area contributed by atoms with Gasteiger partial charge >= 0.3 is 0 Å². The van der Waals surface area contributed by atoms with Gasteiger partial charge in [-0.1, -0.05) is 65.8 Å². The molecule has 0 saturated heterocycles. The second-order valence-electron chi connectivity index (χ2n) is 6.90. The first-order valence-electron chi connectivity index (χ1n) is 9.38. The van der Waals surface area contributed by atoms with Crippen molar-refractivity contribution in [3.8, 4) is 0 Å². The van der Waals surface area contributed by atoms with Crippen molar-refractivity contribution in [1.82, 2.24) is 25.2 Å². The molecule has 6 nitrogen and oxygen atoms in total. The van der Waals surface area contributed by atoms with Gasteiger partial charge in [-0.15, -0.1) is 0 Å². The lowest BCUT2D eigenvalue weighted by Crippen LogP contribution is -2.20. The zero-order valence-corrected chi connectivity index (χ0v) is 15.8. The molecule has 4 rings (SSSR count). The molecule has 2 heterocycles. The number of nitrogens with zero attached hydrogens (tertiary/aromatic N) is 4. The Labute approximate surface area is 164 Å². The molecule has 0 aliphatic carbocycles. The number of H-pyrrole nitrogens is 1. The lowest BCUT2D eigenvalue weighted by Gasteiger charge is -2.14. The minimum atomic E-state index is -0.0452. The number of aromatic amines is 1. The minimum Gasteiger partial charge on any atom is -0.338 e. The first kappa shape index (κ1) is 18.1. The zero-order valence-electron chi connectivity index (χ0n) is 15.8. The van der Waals surface area contributed by atoms with Crippen molar-refractivity contribution in [3.05, 3.63) is 101 Å². The van der Waals surface area contributed by atoms with E-state index < -0.39 is 0 Å². The average Bonchev–Trinajstić information content (AvgIpc) is 3.41. The Morgan fingerprint density at radius 1 is 1.00 bits per heavy atom. The molecule has 0 amide bonds. The van der Waals surface area contributed by atoms with Gasteiger partial charge in [-0.05, 0) is 30.2 Å². The van der Waals surface area contributed by atoms with Crippen LogP contribution in [-0.4, -0.2) is 38.8 Å². The molecule has 142 valence electrons. The molecule has 0 aliphatic heterocycles. The fourth-order valence-electron chi connectivity index (χ4n) is 3.28. The lowest BCUT2D eigenvalue weighted by molar-refractivity contribution is 0.268. The number of hydrogen-bond donors (Lipinski definition) is 1. The number of nitrogens with one attached hydrogen (secondary N) is 1. The number of likely N-dealkylation sites (N-methyl/N-ethyl adjacent to an activating group) is 1. The number of aromatic nitrogens is 4. The number of benzene rings is 2. The minimum absolute atomic E-state index is 0.0452. The summed E-state index contributed by atoms with van der Waals surface area (Å²) in [6.07, 6.45) is 4.69. The van der Waals surface area contributed by atoms with Crippen LogP contribution < -0.4 is 0 Å². The fraction of sp³-hybridized carbons (Fsp3) is 0.227. The van der Waals surface area contributed by atoms with Crippen molar-refractivity contribution in [2.45, 2.75) is 18.9 Å². The molecule has 1 N–H and O–H groups in total. The molecule has 0 spiro atoms. The van der Waals surface area contributed by atoms with Gasteiger partial charge in [0.1, 0.15) is 0 Å². The molecule has 0 atom stereocenters. The van der Waals surface area contributed by atoms with Gasteiger partial charge in [0.05, 0.1) is 18.7 Å². The highest BCUT2D eigenvalue weighted by molar-refractivity contribution is 5.37. The van der Waals surface area contributed by atoms with Crippen molar-refractivity contribution in [2.75, 3.05) is 13.6 Å². The molecule has 4 aromatic rings. The van der Waals surface area contributed by atoms with E-state index in [0.717, 1.165) is 24.1 Å². The van der Waals surface area contributed by atoms with Crippen LogP contribution in [0.15, 0.2) is 77.6 Å². The molecule has 0 radical (unpaired) electrons. The van der Waals surface area contributed by atoms with Gasteiger partial charge in [0, 0.05) is 12.7 Å². The summed E-state index contributed by atoms with van der Waals surface area (Å²) >= 11 is 0. The van der Waals surface area contributed by atoms with Gasteiger partial charge in [-0.2, -0.15) is 10.1 Å². The van der Waals surface area contributed by atoms with Crippen LogP contribution in [0.2, 0.25) is 0 Å². The highest BCUT2D eigenvalue weighted by atomic mass is 16.5. The third-order valence-corrected chi connectivity index (χ3v) is 4.75. The van der Waals surface area contributed by atoms with Crippen molar-refractivity contribution >= 4 is 0 Å². The van der Waals surface area contributed by atoms with Crippen LogP contribution >= 0.6 is 0 Å². The van der Waals surface area contributed by atoms with E-state index in [9.17, 15) is 0 Å². The Kier molecular flexibility index (Phi) is 5.58. The van der Waals surface area contributed by atoms with Crippen LogP contribution in [0.5, 0.6) is 0 Å². The summed E-state index contributed by atoms with van der Waals surface area (Å²) in [7, 11) is 2.05. The Hall–Kier alpha value is -3.25. The molecule has 0 aliphatic rings. The molecule has 2 aromatic carbocycles. The summed E-state index contributed by atoms with van der Waals surface area (Å²) < 4.78 is 5.58. The number of hydrogen-bond acceptors (Lipinski definition) is 5. The summed E-state index contributed by atoms with van der Waals surface area (Å²) in [4.78, 5) is 6.88. The monoisotopic (exact) mass is 373 g/mol. The van der Waals surface area contributed by atoms with Gasteiger partial charge < -0.3 is 4.52 Å². The molecule has 0 bridgehead atoms. The highest BCUT2D eigenvalue weighted by Crippen LogP contribution is 2.29. The van der Waals surface area contributed by atoms with Gasteiger partial charge in [0.15, 0.2) is 5.82 Å². The molecule has 2 aromatic heterocycles. The van der Waals surface area contributed by atoms with Gasteiger partial charge in [0.2, 0.25) is 5.89 Å². The average molecular weight is 373 g/mol. The Balaban J connectivity index is 1.50. The maximum absolute atomic E-state index is 5.58. The van der Waals surface area contributed by atoms with E-state index in [2.05, 4.69) is 51.6 Å². The zero-order chi connectivity index (χ0) is 19.2. The molecule has 28 heavy (non-hydrogen) atoms. The molecule has 0 fully saturated rings. The molecular weight excluding hydrogens is 350 g/mol. The Morgan fingerprint density at radius 3 is 2.29 bits per heavy atom. The predicted molar refractivity (Wildman–Crippen MR) is 107 cm³/mol. The van der Waals surface area contributed by atoms with E-state index in [-0.39, 0.29) is 5.92 Å². The normalized spacial score (nSPS) is 11.4. The summed E-state index contributed by atoms with van der Waals surface area (Å²) in [5, 5.41) is 11.1. The van der Waals surface area contributed by atoms with Crippen LogP contribution in [0.25, 0.3) is 0 Å². The van der Waals surface area contributed by atoms with E-state index in [4.69, 9.17) is 9.51 Å². The molecule has 0 saturated carbocycles. The van der Waals surface area contributed by atoms with Gasteiger partial charge in [-0.3, -0.25) is 10.00 Å². The highest BCUT2D eigenvalue weighted by Gasteiger charge is 2.22. The SMILES string of the molecule is CN(CCc1cn[nH]c1)Cc1nc(C(c2ccccc2)c2ccccc2)no1. The summed E-state index contributed by atoms with van der Waals surface area (Å²) in [5.74, 6) is 1.27. The predicted octanol–water partition coefficient (Wildman–Crippen LogP) is 3.65. The van der Waals surface area contributed by atoms with E-state index >= 15 is 0 Å². The van der Waals surface area contributed by atoms with E-state index in [0.29, 0.717) is 18.3 Å². The third-order valence-electron chi connectivity index (χ3n) is 4.75. The smallest absolute Gasteiger partial charge is 0.240 e. The van der Waals surface area contributed by atoms with Crippen molar-refractivity contribution in [3.63, 3.8) is 0 Å². The first-order valence-corrected chi connectivity index (χ1v) is 9.38. The summed E-state index contributed by atoms with van der Waals surface area (Å²) in [6.45, 7) is 1.50. The van der Waals surface area contributed by atoms with Crippen molar-refractivity contribution in [1.29, 1.82) is 0 Å². The van der Waals surface area contributed by atoms with E-state index in [1.165, 1.54) is 5.56 Å². The van der Waals surface area contributed by atoms with Crippen LogP contribution in [0.1, 0.15) is 34.3 Å². The Bertz CT molecular complexity index is 927. The maximum atomic E-state index is 5.58. The van der Waals surface area contributed by atoms with Crippen LogP contribution in [0, 0.1) is 0 Å². The topological polar surface area (TPSA) is 70.8 Å². The summed E-state index contributed by atoms with van der Waals surface area (Å²) in [6, 6.07) is 20.6. The van der Waals surface area contributed by atoms with Crippen molar-refractivity contribution in [2.24, 2.45) is 0 Å². The van der Waals surface area contributed by atoms with Crippen molar-refractivity contribution < 1.29 is 4.52 Å². The summed E-state index contributed by atoms with van der Waals surface area (Å²) in [5.41, 5.74) is 3.48. The standard InChI is InChI=1S/C22H23N5O/c1-27(13-12-17-14-23-24-15-17)16-20-25-22(26-28-20)21(18-8-4-2-5-9-18)19-10-6-3-7-11-19/h2-11,14-15,21H,12-13,16H2,1H3,(H,23,24). The number of rotatable bonds is 8. The van der Waals surface area contributed by atoms with Crippen LogP contribution in [0.4, 0.5) is 0 Å². The first-order chi connectivity index (χ1) is 13.8. The quantitative estimate of drug-likeness (QED) is 0.510. The van der Waals surface area contributed by atoms with Crippen LogP contribution in [-0.2, 0) is 13.0 Å². The van der Waals surface area contributed by atoms with Gasteiger partial charge in [0.25, 0.3) is 0 Å². The Morgan fingerprint density at radius 2 is 1.68 bits per heavy atom. The maximum Gasteiger partial charge on any atom is 0.240 e. The van der Waals surface area contributed by atoms with Gasteiger partial charge in [-0.25, -0.2) is 0 Å². The van der Waals surface area contributed by atoms with Crippen LogP contribution in [0.3, 0.4) is 0 Å².